The van der Waals surface area contributed by atoms with Gasteiger partial charge in [0.1, 0.15) is 5.84 Å². The monoisotopic (exact) mass is 233 g/mol. The summed E-state index contributed by atoms with van der Waals surface area (Å²) in [5.41, 5.74) is 3.88. The van der Waals surface area contributed by atoms with Gasteiger partial charge in [0.2, 0.25) is 0 Å². The van der Waals surface area contributed by atoms with Gasteiger partial charge in [0.05, 0.1) is 5.54 Å². The van der Waals surface area contributed by atoms with E-state index in [1.165, 1.54) is 5.56 Å². The van der Waals surface area contributed by atoms with Gasteiger partial charge in [-0.2, -0.15) is 0 Å². The summed E-state index contributed by atoms with van der Waals surface area (Å²) in [6, 6.07) is 10.3. The molecular weight excluding hydrogens is 210 g/mol. The molecule has 3 heteroatoms. The van der Waals surface area contributed by atoms with Gasteiger partial charge in [0, 0.05) is 5.92 Å². The number of aliphatic imine (C=N–C) groups is 1. The van der Waals surface area contributed by atoms with E-state index in [1.807, 2.05) is 18.2 Å². The lowest BCUT2D eigenvalue weighted by molar-refractivity contribution is 0.572. The minimum absolute atomic E-state index is 0.121. The highest BCUT2D eigenvalue weighted by Crippen LogP contribution is 2.21. The highest BCUT2D eigenvalue weighted by molar-refractivity contribution is 5.88. The number of hydrogen-bond donors (Lipinski definition) is 2. The van der Waals surface area contributed by atoms with Crippen LogP contribution in [-0.4, -0.2) is 11.4 Å². The maximum atomic E-state index is 5.61. The molecule has 0 aromatic heterocycles. The van der Waals surface area contributed by atoms with E-state index in [4.69, 9.17) is 5.84 Å². The molecule has 1 aromatic rings. The van der Waals surface area contributed by atoms with E-state index in [9.17, 15) is 0 Å². The number of hydrazine groups is 1. The molecule has 0 aliphatic rings. The first-order valence-electron chi connectivity index (χ1n) is 6.09. The Hall–Kier alpha value is -1.35. The Balaban J connectivity index is 3.05. The molecule has 0 saturated heterocycles. The van der Waals surface area contributed by atoms with Crippen molar-refractivity contribution in [2.75, 3.05) is 0 Å². The van der Waals surface area contributed by atoms with Gasteiger partial charge in [-0.25, -0.2) is 5.84 Å². The maximum absolute atomic E-state index is 5.61. The minimum Gasteiger partial charge on any atom is -0.312 e. The fourth-order valence-corrected chi connectivity index (χ4v) is 1.84. The van der Waals surface area contributed by atoms with Crippen LogP contribution in [0.4, 0.5) is 0 Å². The molecule has 0 bridgehead atoms. The molecule has 17 heavy (non-hydrogen) atoms. The van der Waals surface area contributed by atoms with Crippen LogP contribution in [0.25, 0.3) is 0 Å². The van der Waals surface area contributed by atoms with Gasteiger partial charge in [0.25, 0.3) is 0 Å². The number of hydrogen-bond acceptors (Lipinski definition) is 2. The average Bonchev–Trinajstić information content (AvgIpc) is 2.28. The van der Waals surface area contributed by atoms with Crippen molar-refractivity contribution in [1.82, 2.24) is 5.43 Å². The van der Waals surface area contributed by atoms with Gasteiger partial charge in [-0.1, -0.05) is 37.3 Å². The number of nitrogens with two attached hydrogens (primary N) is 1. The van der Waals surface area contributed by atoms with Crippen molar-refractivity contribution in [3.63, 3.8) is 0 Å². The Kier molecular flexibility index (Phi) is 4.70. The molecule has 3 N–H and O–H groups in total. The molecule has 1 unspecified atom stereocenters. The lowest BCUT2D eigenvalue weighted by Crippen LogP contribution is -2.37. The number of nitrogens with one attached hydrogen (secondary N) is 1. The minimum atomic E-state index is -0.121. The van der Waals surface area contributed by atoms with Crippen molar-refractivity contribution >= 4 is 5.84 Å². The van der Waals surface area contributed by atoms with Crippen molar-refractivity contribution in [3.05, 3.63) is 35.9 Å². The molecule has 1 rings (SSSR count). The van der Waals surface area contributed by atoms with Gasteiger partial charge in [0.15, 0.2) is 0 Å². The first-order chi connectivity index (χ1) is 7.98. The lowest BCUT2D eigenvalue weighted by atomic mass is 9.94. The van der Waals surface area contributed by atoms with Crippen LogP contribution < -0.4 is 11.3 Å². The van der Waals surface area contributed by atoms with E-state index in [0.29, 0.717) is 0 Å². The van der Waals surface area contributed by atoms with Crippen molar-refractivity contribution in [2.45, 2.75) is 45.6 Å². The molecule has 0 spiro atoms. The van der Waals surface area contributed by atoms with E-state index < -0.39 is 0 Å². The molecule has 0 saturated carbocycles. The summed E-state index contributed by atoms with van der Waals surface area (Å²) in [6.07, 6.45) is 0.975. The molecule has 0 aliphatic carbocycles. The second-order valence-electron chi connectivity index (χ2n) is 5.18. The normalized spacial score (nSPS) is 14.5. The van der Waals surface area contributed by atoms with Crippen LogP contribution in [0.5, 0.6) is 0 Å². The third kappa shape index (κ3) is 4.19. The van der Waals surface area contributed by atoms with Crippen LogP contribution in [0.1, 0.15) is 45.6 Å². The summed E-state index contributed by atoms with van der Waals surface area (Å²) in [6.45, 7) is 8.36. The van der Waals surface area contributed by atoms with Gasteiger partial charge in [-0.3, -0.25) is 4.99 Å². The fourth-order valence-electron chi connectivity index (χ4n) is 1.84. The molecule has 1 aromatic carbocycles. The molecule has 0 fully saturated rings. The summed E-state index contributed by atoms with van der Waals surface area (Å²) in [7, 11) is 0. The molecule has 0 aliphatic heterocycles. The zero-order valence-corrected chi connectivity index (χ0v) is 11.2. The van der Waals surface area contributed by atoms with Gasteiger partial charge in [-0.05, 0) is 32.8 Å². The third-order valence-electron chi connectivity index (χ3n) is 2.54. The Morgan fingerprint density at radius 2 is 1.88 bits per heavy atom. The van der Waals surface area contributed by atoms with Crippen molar-refractivity contribution in [2.24, 2.45) is 10.8 Å². The maximum Gasteiger partial charge on any atom is 0.118 e. The highest BCUT2D eigenvalue weighted by Gasteiger charge is 2.18. The van der Waals surface area contributed by atoms with E-state index in [-0.39, 0.29) is 11.5 Å². The SMILES string of the molecule is CCC(C(=NC(C)(C)C)NN)c1ccccc1. The van der Waals surface area contributed by atoms with Crippen molar-refractivity contribution < 1.29 is 0 Å². The molecule has 0 amide bonds. The standard InChI is InChI=1S/C14H23N3/c1-5-12(11-9-7-6-8-10-11)13(17-15)16-14(2,3)4/h6-10,12H,5,15H2,1-4H3,(H,16,17). The Labute approximate surface area is 104 Å². The second-order valence-corrected chi connectivity index (χ2v) is 5.18. The fraction of sp³-hybridized carbons (Fsp3) is 0.500. The summed E-state index contributed by atoms with van der Waals surface area (Å²) >= 11 is 0. The molecule has 94 valence electrons. The number of rotatable bonds is 3. The highest BCUT2D eigenvalue weighted by atomic mass is 15.3. The molecule has 0 heterocycles. The smallest absolute Gasteiger partial charge is 0.118 e. The Morgan fingerprint density at radius 1 is 1.29 bits per heavy atom. The van der Waals surface area contributed by atoms with Gasteiger partial charge >= 0.3 is 0 Å². The van der Waals surface area contributed by atoms with Crippen LogP contribution in [0.3, 0.4) is 0 Å². The Morgan fingerprint density at radius 3 is 2.29 bits per heavy atom. The molecule has 3 nitrogen and oxygen atoms in total. The van der Waals surface area contributed by atoms with Crippen LogP contribution in [0.2, 0.25) is 0 Å². The van der Waals surface area contributed by atoms with Gasteiger partial charge in [-0.15, -0.1) is 0 Å². The van der Waals surface area contributed by atoms with Crippen LogP contribution in [0.15, 0.2) is 35.3 Å². The third-order valence-corrected chi connectivity index (χ3v) is 2.54. The molecule has 0 radical (unpaired) electrons. The predicted molar refractivity (Wildman–Crippen MR) is 74.0 cm³/mol. The van der Waals surface area contributed by atoms with E-state index in [2.05, 4.69) is 50.2 Å². The largest absolute Gasteiger partial charge is 0.312 e. The summed E-state index contributed by atoms with van der Waals surface area (Å²) in [4.78, 5) is 4.66. The van der Waals surface area contributed by atoms with E-state index in [0.717, 1.165) is 12.3 Å². The number of nitrogens with zero attached hydrogens (tertiary/aromatic N) is 1. The summed E-state index contributed by atoms with van der Waals surface area (Å²) < 4.78 is 0. The van der Waals surface area contributed by atoms with E-state index >= 15 is 0 Å². The van der Waals surface area contributed by atoms with Crippen LogP contribution in [0, 0.1) is 0 Å². The zero-order valence-electron chi connectivity index (χ0n) is 11.2. The van der Waals surface area contributed by atoms with Crippen LogP contribution in [-0.2, 0) is 0 Å². The lowest BCUT2D eigenvalue weighted by Gasteiger charge is -2.22. The van der Waals surface area contributed by atoms with E-state index in [1.54, 1.807) is 0 Å². The van der Waals surface area contributed by atoms with Crippen molar-refractivity contribution in [1.29, 1.82) is 0 Å². The topological polar surface area (TPSA) is 50.4 Å². The number of amidine groups is 1. The first kappa shape index (κ1) is 13.7. The van der Waals surface area contributed by atoms with Gasteiger partial charge < -0.3 is 5.43 Å². The zero-order chi connectivity index (χ0) is 12.9. The molecular formula is C14H23N3. The molecule has 1 atom stereocenters. The quantitative estimate of drug-likeness (QED) is 0.365. The summed E-state index contributed by atoms with van der Waals surface area (Å²) in [5.74, 6) is 6.70. The van der Waals surface area contributed by atoms with Crippen LogP contribution >= 0.6 is 0 Å². The number of benzene rings is 1. The summed E-state index contributed by atoms with van der Waals surface area (Å²) in [5, 5.41) is 0. The van der Waals surface area contributed by atoms with Crippen molar-refractivity contribution in [3.8, 4) is 0 Å². The second kappa shape index (κ2) is 5.82. The Bertz CT molecular complexity index is 363. The predicted octanol–water partition coefficient (Wildman–Crippen LogP) is 2.84. The first-order valence-corrected chi connectivity index (χ1v) is 6.09. The average molecular weight is 233 g/mol.